The minimum atomic E-state index is -1.29. The molecule has 0 bridgehead atoms. The highest BCUT2D eigenvalue weighted by Gasteiger charge is 2.18. The summed E-state index contributed by atoms with van der Waals surface area (Å²) in [6.45, 7) is 0. The molecule has 0 saturated carbocycles. The van der Waals surface area contributed by atoms with Crippen LogP contribution >= 0.6 is 0 Å². The number of nitrogens with zero attached hydrogens (tertiary/aromatic N) is 2. The number of carboxylic acid groups (broad SMARTS) is 1. The number of carboxylic acids is 1. The first-order valence-corrected chi connectivity index (χ1v) is 7.28. The molecule has 0 spiro atoms. The predicted octanol–water partition coefficient (Wildman–Crippen LogP) is 3.30. The maximum absolute atomic E-state index is 13.0. The van der Waals surface area contributed by atoms with Crippen molar-refractivity contribution in [3.63, 3.8) is 0 Å². The average molecular weight is 351 g/mol. The van der Waals surface area contributed by atoms with Gasteiger partial charge < -0.3 is 14.8 Å². The van der Waals surface area contributed by atoms with E-state index >= 15 is 0 Å². The Morgan fingerprint density at radius 3 is 2.58 bits per heavy atom. The number of aromatic nitrogens is 1. The number of anilines is 1. The highest BCUT2D eigenvalue weighted by atomic mass is 19.1. The van der Waals surface area contributed by atoms with E-state index in [1.807, 2.05) is 6.07 Å². The first kappa shape index (κ1) is 16.9. The van der Waals surface area contributed by atoms with E-state index in [0.29, 0.717) is 5.56 Å². The van der Waals surface area contributed by atoms with Crippen molar-refractivity contribution in [2.75, 3.05) is 5.32 Å². The fourth-order valence-corrected chi connectivity index (χ4v) is 2.20. The van der Waals surface area contributed by atoms with Crippen LogP contribution in [0.1, 0.15) is 26.6 Å². The van der Waals surface area contributed by atoms with E-state index in [0.717, 1.165) is 6.07 Å². The van der Waals surface area contributed by atoms with Crippen molar-refractivity contribution in [2.45, 2.75) is 0 Å². The van der Waals surface area contributed by atoms with Crippen LogP contribution in [0.25, 0.3) is 11.3 Å². The Morgan fingerprint density at radius 2 is 1.92 bits per heavy atom. The second-order valence-corrected chi connectivity index (χ2v) is 5.17. The van der Waals surface area contributed by atoms with Crippen molar-refractivity contribution in [3.05, 3.63) is 71.5 Å². The molecule has 3 rings (SSSR count). The number of hydrogen-bond donors (Lipinski definition) is 2. The SMILES string of the molecule is N#Cc1ccc(NC(=O)c2ncc(-c3ccc(F)cc3)o2)c(C(=O)O)c1. The standard InChI is InChI=1S/C18H10FN3O4/c19-12-4-2-11(3-5-12)15-9-21-17(26-15)16(23)22-14-6-1-10(8-20)7-13(14)18(24)25/h1-7,9H,(H,22,23)(H,24,25). The Labute approximate surface area is 146 Å². The number of amides is 1. The topological polar surface area (TPSA) is 116 Å². The number of aromatic carboxylic acids is 1. The predicted molar refractivity (Wildman–Crippen MR) is 88.0 cm³/mol. The lowest BCUT2D eigenvalue weighted by molar-refractivity contribution is 0.0698. The molecule has 0 atom stereocenters. The van der Waals surface area contributed by atoms with Crippen molar-refractivity contribution in [3.8, 4) is 17.4 Å². The summed E-state index contributed by atoms with van der Waals surface area (Å²) in [6, 6.07) is 11.1. The van der Waals surface area contributed by atoms with Crippen molar-refractivity contribution in [2.24, 2.45) is 0 Å². The largest absolute Gasteiger partial charge is 0.478 e. The summed E-state index contributed by atoms with van der Waals surface area (Å²) in [6.07, 6.45) is 1.30. The van der Waals surface area contributed by atoms with Gasteiger partial charge in [-0.15, -0.1) is 0 Å². The second-order valence-electron chi connectivity index (χ2n) is 5.17. The number of benzene rings is 2. The van der Waals surface area contributed by atoms with Gasteiger partial charge in [0.1, 0.15) is 5.82 Å². The van der Waals surface area contributed by atoms with E-state index in [1.54, 1.807) is 0 Å². The molecule has 0 fully saturated rings. The number of hydrogen-bond acceptors (Lipinski definition) is 5. The average Bonchev–Trinajstić information content (AvgIpc) is 3.12. The van der Waals surface area contributed by atoms with Crippen molar-refractivity contribution >= 4 is 17.6 Å². The third-order valence-electron chi connectivity index (χ3n) is 3.46. The molecule has 0 aliphatic heterocycles. The molecule has 7 nitrogen and oxygen atoms in total. The molecule has 1 amide bonds. The first-order chi connectivity index (χ1) is 12.5. The summed E-state index contributed by atoms with van der Waals surface area (Å²) in [5, 5.41) is 20.4. The molecule has 0 unspecified atom stereocenters. The fourth-order valence-electron chi connectivity index (χ4n) is 2.20. The number of halogens is 1. The van der Waals surface area contributed by atoms with Gasteiger partial charge in [-0.1, -0.05) is 0 Å². The molecule has 1 heterocycles. The Hall–Kier alpha value is -3.99. The normalized spacial score (nSPS) is 10.2. The summed E-state index contributed by atoms with van der Waals surface area (Å²) in [4.78, 5) is 27.4. The number of oxazole rings is 1. The molecule has 128 valence electrons. The minimum Gasteiger partial charge on any atom is -0.478 e. The number of carbonyl (C=O) groups is 2. The molecule has 1 aromatic heterocycles. The molecule has 0 aliphatic rings. The molecule has 0 radical (unpaired) electrons. The van der Waals surface area contributed by atoms with Crippen molar-refractivity contribution in [1.82, 2.24) is 4.98 Å². The van der Waals surface area contributed by atoms with Gasteiger partial charge in [0, 0.05) is 5.56 Å². The number of rotatable bonds is 4. The first-order valence-electron chi connectivity index (χ1n) is 7.28. The molecule has 3 aromatic rings. The van der Waals surface area contributed by atoms with E-state index < -0.39 is 17.7 Å². The molecule has 2 N–H and O–H groups in total. The van der Waals surface area contributed by atoms with Crippen LogP contribution in [0.4, 0.5) is 10.1 Å². The quantitative estimate of drug-likeness (QED) is 0.745. The Kier molecular flexibility index (Phi) is 4.45. The van der Waals surface area contributed by atoms with Crippen LogP contribution < -0.4 is 5.32 Å². The van der Waals surface area contributed by atoms with Crippen LogP contribution in [0.5, 0.6) is 0 Å². The van der Waals surface area contributed by atoms with Gasteiger partial charge in [-0.2, -0.15) is 5.26 Å². The Bertz CT molecular complexity index is 1040. The zero-order valence-electron chi connectivity index (χ0n) is 13.1. The van der Waals surface area contributed by atoms with Crippen LogP contribution in [0.3, 0.4) is 0 Å². The van der Waals surface area contributed by atoms with E-state index in [-0.39, 0.29) is 28.5 Å². The third kappa shape index (κ3) is 3.42. The molecular weight excluding hydrogens is 341 g/mol. The lowest BCUT2D eigenvalue weighted by Crippen LogP contribution is -2.15. The number of nitriles is 1. The van der Waals surface area contributed by atoms with Gasteiger partial charge in [-0.05, 0) is 42.5 Å². The van der Waals surface area contributed by atoms with Gasteiger partial charge >= 0.3 is 11.9 Å². The Balaban J connectivity index is 1.84. The minimum absolute atomic E-state index is 0.00281. The molecule has 0 saturated heterocycles. The van der Waals surface area contributed by atoms with Crippen LogP contribution in [-0.2, 0) is 0 Å². The highest BCUT2D eigenvalue weighted by molar-refractivity contribution is 6.05. The summed E-state index contributed by atoms with van der Waals surface area (Å²) < 4.78 is 18.3. The maximum atomic E-state index is 13.0. The molecule has 0 aliphatic carbocycles. The number of carbonyl (C=O) groups excluding carboxylic acids is 1. The maximum Gasteiger partial charge on any atom is 0.337 e. The van der Waals surface area contributed by atoms with Crippen LogP contribution in [-0.4, -0.2) is 22.0 Å². The molecule has 26 heavy (non-hydrogen) atoms. The van der Waals surface area contributed by atoms with E-state index in [2.05, 4.69) is 10.3 Å². The Morgan fingerprint density at radius 1 is 1.19 bits per heavy atom. The lowest BCUT2D eigenvalue weighted by atomic mass is 10.1. The summed E-state index contributed by atoms with van der Waals surface area (Å²) in [5.74, 6) is -2.49. The van der Waals surface area contributed by atoms with Gasteiger partial charge in [0.2, 0.25) is 0 Å². The van der Waals surface area contributed by atoms with Gasteiger partial charge in [0.25, 0.3) is 5.89 Å². The van der Waals surface area contributed by atoms with Crippen LogP contribution in [0.15, 0.2) is 53.1 Å². The highest BCUT2D eigenvalue weighted by Crippen LogP contribution is 2.22. The summed E-state index contributed by atoms with van der Waals surface area (Å²) >= 11 is 0. The van der Waals surface area contributed by atoms with Gasteiger partial charge in [-0.25, -0.2) is 14.2 Å². The zero-order valence-corrected chi connectivity index (χ0v) is 13.1. The molecule has 8 heteroatoms. The van der Waals surface area contributed by atoms with E-state index in [9.17, 15) is 19.1 Å². The fraction of sp³-hybridized carbons (Fsp3) is 0. The lowest BCUT2D eigenvalue weighted by Gasteiger charge is -2.07. The van der Waals surface area contributed by atoms with Gasteiger partial charge in [0.05, 0.1) is 29.1 Å². The van der Waals surface area contributed by atoms with Gasteiger partial charge in [0.15, 0.2) is 5.76 Å². The monoisotopic (exact) mass is 351 g/mol. The van der Waals surface area contributed by atoms with Crippen molar-refractivity contribution in [1.29, 1.82) is 5.26 Å². The van der Waals surface area contributed by atoms with Crippen LogP contribution in [0.2, 0.25) is 0 Å². The summed E-state index contributed by atoms with van der Waals surface area (Å²) in [5.41, 5.74) is 0.448. The van der Waals surface area contributed by atoms with Crippen LogP contribution in [0, 0.1) is 17.1 Å². The van der Waals surface area contributed by atoms with E-state index in [4.69, 9.17) is 9.68 Å². The van der Waals surface area contributed by atoms with Crippen molar-refractivity contribution < 1.29 is 23.5 Å². The third-order valence-corrected chi connectivity index (χ3v) is 3.46. The zero-order chi connectivity index (χ0) is 18.7. The summed E-state index contributed by atoms with van der Waals surface area (Å²) in [7, 11) is 0. The smallest absolute Gasteiger partial charge is 0.337 e. The molecular formula is C18H10FN3O4. The second kappa shape index (κ2) is 6.86. The number of nitrogens with one attached hydrogen (secondary N) is 1. The molecule has 2 aromatic carbocycles. The van der Waals surface area contributed by atoms with E-state index in [1.165, 1.54) is 42.6 Å². The van der Waals surface area contributed by atoms with Gasteiger partial charge in [-0.3, -0.25) is 4.79 Å².